The summed E-state index contributed by atoms with van der Waals surface area (Å²) in [6.07, 6.45) is 0. The minimum atomic E-state index is 0.0711. The van der Waals surface area contributed by atoms with Gasteiger partial charge in [0.25, 0.3) is 0 Å². The number of hydrogen-bond donors (Lipinski definition) is 1. The number of aliphatic hydroxyl groups is 1. The summed E-state index contributed by atoms with van der Waals surface area (Å²) in [5, 5.41) is 9.31. The number of aliphatic hydroxyl groups excluding tert-OH is 1. The average Bonchev–Trinajstić information content (AvgIpc) is 2.34. The average molecular weight is 263 g/mol. The Bertz CT molecular complexity index is 402. The van der Waals surface area contributed by atoms with Gasteiger partial charge in [0.15, 0.2) is 0 Å². The summed E-state index contributed by atoms with van der Waals surface area (Å²) < 4.78 is 5.84. The van der Waals surface area contributed by atoms with Crippen molar-refractivity contribution < 1.29 is 9.84 Å². The van der Waals surface area contributed by atoms with Crippen molar-refractivity contribution in [3.63, 3.8) is 0 Å². The summed E-state index contributed by atoms with van der Waals surface area (Å²) in [5.74, 6) is 2.37. The second-order valence-corrected chi connectivity index (χ2v) is 6.64. The van der Waals surface area contributed by atoms with Crippen molar-refractivity contribution in [3.05, 3.63) is 35.2 Å². The highest BCUT2D eigenvalue weighted by atomic mass is 16.5. The second-order valence-electron chi connectivity index (χ2n) is 6.64. The number of rotatable bonds is 5. The zero-order valence-corrected chi connectivity index (χ0v) is 13.1. The van der Waals surface area contributed by atoms with E-state index in [1.165, 1.54) is 5.56 Å². The molecule has 2 heteroatoms. The maximum Gasteiger partial charge on any atom is 0.119 e. The largest absolute Gasteiger partial charge is 0.493 e. The van der Waals surface area contributed by atoms with E-state index in [4.69, 9.17) is 4.74 Å². The molecule has 0 heterocycles. The van der Waals surface area contributed by atoms with Gasteiger partial charge in [-0.15, -0.1) is 0 Å². The predicted octanol–water partition coefficient (Wildman–Crippen LogP) is 3.95. The maximum absolute atomic E-state index is 9.31. The Morgan fingerprint density at radius 2 is 1.84 bits per heavy atom. The minimum absolute atomic E-state index is 0.0711. The van der Waals surface area contributed by atoms with Crippen molar-refractivity contribution >= 4 is 0 Å². The molecule has 1 rings (SSSR count). The zero-order chi connectivity index (χ0) is 14.6. The van der Waals surface area contributed by atoms with E-state index < -0.39 is 0 Å². The highest BCUT2D eigenvalue weighted by molar-refractivity contribution is 5.43. The summed E-state index contributed by atoms with van der Waals surface area (Å²) in [4.78, 5) is 0. The molecule has 107 valence electrons. The summed E-state index contributed by atoms with van der Waals surface area (Å²) >= 11 is 0. The fraction of sp³-hybridized carbons (Fsp3) is 0.588. The first-order valence-corrected chi connectivity index (χ1v) is 6.96. The van der Waals surface area contributed by atoms with Crippen LogP contribution in [0.2, 0.25) is 0 Å². The van der Waals surface area contributed by atoms with E-state index in [9.17, 15) is 5.11 Å². The van der Waals surface area contributed by atoms with Crippen molar-refractivity contribution in [2.24, 2.45) is 5.92 Å². The zero-order valence-electron chi connectivity index (χ0n) is 13.1. The van der Waals surface area contributed by atoms with Crippen LogP contribution in [-0.2, 0) is 5.41 Å². The smallest absolute Gasteiger partial charge is 0.119 e. The molecule has 0 aliphatic heterocycles. The van der Waals surface area contributed by atoms with Gasteiger partial charge >= 0.3 is 0 Å². The first kappa shape index (κ1) is 16.0. The molecule has 0 fully saturated rings. The molecule has 0 spiro atoms. The topological polar surface area (TPSA) is 29.5 Å². The van der Waals surface area contributed by atoms with E-state index in [2.05, 4.69) is 46.8 Å². The Kier molecular flexibility index (Phi) is 5.42. The van der Waals surface area contributed by atoms with Crippen molar-refractivity contribution in [3.8, 4) is 5.75 Å². The fourth-order valence-corrected chi connectivity index (χ4v) is 1.72. The Morgan fingerprint density at radius 1 is 1.21 bits per heavy atom. The molecule has 1 radical (unpaired) electrons. The highest BCUT2D eigenvalue weighted by Crippen LogP contribution is 2.30. The molecular formula is C17H27O2. The Hall–Kier alpha value is -1.02. The molecule has 1 aromatic rings. The van der Waals surface area contributed by atoms with E-state index in [0.717, 1.165) is 17.2 Å². The van der Waals surface area contributed by atoms with Crippen LogP contribution in [-0.4, -0.2) is 18.3 Å². The third-order valence-corrected chi connectivity index (χ3v) is 3.09. The van der Waals surface area contributed by atoms with Gasteiger partial charge in [0.1, 0.15) is 5.75 Å². The molecule has 1 aromatic carbocycles. The molecule has 2 nitrogen and oxygen atoms in total. The maximum atomic E-state index is 9.31. The SMILES string of the molecule is C[C](CO)c1cc(OCC(C)C)cc(C(C)(C)C)c1. The Morgan fingerprint density at radius 3 is 2.32 bits per heavy atom. The van der Waals surface area contributed by atoms with Gasteiger partial charge in [0, 0.05) is 5.92 Å². The lowest BCUT2D eigenvalue weighted by atomic mass is 9.84. The van der Waals surface area contributed by atoms with Crippen LogP contribution < -0.4 is 4.74 Å². The molecule has 0 saturated carbocycles. The molecule has 0 atom stereocenters. The van der Waals surface area contributed by atoms with Gasteiger partial charge in [0.05, 0.1) is 13.2 Å². The van der Waals surface area contributed by atoms with Crippen LogP contribution in [0.5, 0.6) is 5.75 Å². The Labute approximate surface area is 117 Å². The van der Waals surface area contributed by atoms with E-state index in [1.807, 2.05) is 13.0 Å². The summed E-state index contributed by atoms with van der Waals surface area (Å²) in [6.45, 7) is 13.6. The van der Waals surface area contributed by atoms with Gasteiger partial charge in [-0.2, -0.15) is 0 Å². The van der Waals surface area contributed by atoms with E-state index in [-0.39, 0.29) is 12.0 Å². The highest BCUT2D eigenvalue weighted by Gasteiger charge is 2.17. The summed E-state index contributed by atoms with van der Waals surface area (Å²) in [5.41, 5.74) is 2.37. The predicted molar refractivity (Wildman–Crippen MR) is 80.6 cm³/mol. The van der Waals surface area contributed by atoms with Crippen LogP contribution in [0.15, 0.2) is 18.2 Å². The van der Waals surface area contributed by atoms with Crippen molar-refractivity contribution in [1.29, 1.82) is 0 Å². The molecule has 0 aromatic heterocycles. The van der Waals surface area contributed by atoms with Gasteiger partial charge in [0.2, 0.25) is 0 Å². The van der Waals surface area contributed by atoms with Gasteiger partial charge < -0.3 is 9.84 Å². The molecule has 0 aliphatic rings. The van der Waals surface area contributed by atoms with Crippen molar-refractivity contribution in [2.75, 3.05) is 13.2 Å². The Balaban J connectivity index is 3.09. The summed E-state index contributed by atoms with van der Waals surface area (Å²) in [6, 6.07) is 6.27. The lowest BCUT2D eigenvalue weighted by Gasteiger charge is -2.23. The first-order chi connectivity index (χ1) is 8.74. The van der Waals surface area contributed by atoms with E-state index in [0.29, 0.717) is 12.5 Å². The summed E-state index contributed by atoms with van der Waals surface area (Å²) in [7, 11) is 0. The molecule has 19 heavy (non-hydrogen) atoms. The number of benzene rings is 1. The van der Waals surface area contributed by atoms with Crippen molar-refractivity contribution in [1.82, 2.24) is 0 Å². The van der Waals surface area contributed by atoms with Gasteiger partial charge in [-0.3, -0.25) is 0 Å². The molecule has 0 bridgehead atoms. The van der Waals surface area contributed by atoms with E-state index >= 15 is 0 Å². The van der Waals surface area contributed by atoms with Crippen LogP contribution in [0, 0.1) is 11.8 Å². The lowest BCUT2D eigenvalue weighted by molar-refractivity contribution is 0.270. The molecule has 0 unspecified atom stereocenters. The molecular weight excluding hydrogens is 236 g/mol. The third kappa shape index (κ3) is 4.87. The lowest BCUT2D eigenvalue weighted by Crippen LogP contribution is -2.14. The fourth-order valence-electron chi connectivity index (χ4n) is 1.72. The van der Waals surface area contributed by atoms with Crippen LogP contribution in [0.3, 0.4) is 0 Å². The molecule has 1 N–H and O–H groups in total. The quantitative estimate of drug-likeness (QED) is 0.871. The molecule has 0 saturated heterocycles. The normalized spacial score (nSPS) is 12.3. The van der Waals surface area contributed by atoms with Crippen molar-refractivity contribution in [2.45, 2.75) is 47.0 Å². The second kappa shape index (κ2) is 6.42. The van der Waals surface area contributed by atoms with Crippen LogP contribution in [0.4, 0.5) is 0 Å². The third-order valence-electron chi connectivity index (χ3n) is 3.09. The first-order valence-electron chi connectivity index (χ1n) is 6.96. The van der Waals surface area contributed by atoms with Crippen LogP contribution in [0.25, 0.3) is 0 Å². The van der Waals surface area contributed by atoms with Crippen LogP contribution in [0.1, 0.15) is 52.7 Å². The number of hydrogen-bond acceptors (Lipinski definition) is 2. The number of ether oxygens (including phenoxy) is 1. The monoisotopic (exact) mass is 263 g/mol. The van der Waals surface area contributed by atoms with E-state index in [1.54, 1.807) is 0 Å². The van der Waals surface area contributed by atoms with Gasteiger partial charge in [-0.25, -0.2) is 0 Å². The molecule has 0 amide bonds. The van der Waals surface area contributed by atoms with Gasteiger partial charge in [-0.1, -0.05) is 47.6 Å². The standard InChI is InChI=1S/C17H27O2/c1-12(2)11-19-16-8-14(13(3)10-18)7-15(9-16)17(4,5)6/h7-9,12,18H,10-11H2,1-6H3. The van der Waals surface area contributed by atoms with Crippen LogP contribution >= 0.6 is 0 Å². The molecule has 0 aliphatic carbocycles. The minimum Gasteiger partial charge on any atom is -0.493 e. The van der Waals surface area contributed by atoms with Gasteiger partial charge in [-0.05, 0) is 34.6 Å².